The zero-order valence-corrected chi connectivity index (χ0v) is 10.6. The van der Waals surface area contributed by atoms with E-state index in [2.05, 4.69) is 42.5 Å². The summed E-state index contributed by atoms with van der Waals surface area (Å²) in [6.07, 6.45) is 0. The van der Waals surface area contributed by atoms with Gasteiger partial charge in [0.2, 0.25) is 0 Å². The fourth-order valence-corrected chi connectivity index (χ4v) is 2.93. The Hall–Kier alpha value is -2.48. The third kappa shape index (κ3) is 1.31. The molecule has 0 aliphatic carbocycles. The summed E-state index contributed by atoms with van der Waals surface area (Å²) in [5, 5.41) is 7.25. The van der Waals surface area contributed by atoms with Crippen LogP contribution in [0.25, 0.3) is 32.3 Å². The van der Waals surface area contributed by atoms with Crippen LogP contribution in [0.1, 0.15) is 0 Å². The van der Waals surface area contributed by atoms with Crippen LogP contribution >= 0.6 is 0 Å². The van der Waals surface area contributed by atoms with E-state index in [0.29, 0.717) is 0 Å². The van der Waals surface area contributed by atoms with Gasteiger partial charge in [-0.2, -0.15) is 0 Å². The molecule has 4 aromatic rings. The Labute approximate surface area is 110 Å². The molecular weight excluding hydrogens is 234 g/mol. The van der Waals surface area contributed by atoms with Crippen LogP contribution in [0.5, 0.6) is 5.75 Å². The topological polar surface area (TPSA) is 35.2 Å². The van der Waals surface area contributed by atoms with Crippen molar-refractivity contribution in [3.05, 3.63) is 48.5 Å². The van der Waals surface area contributed by atoms with E-state index in [0.717, 1.165) is 16.8 Å². The molecule has 0 spiro atoms. The minimum atomic E-state index is 0.831. The highest BCUT2D eigenvalue weighted by Crippen LogP contribution is 2.38. The zero-order valence-electron chi connectivity index (χ0n) is 10.6. The van der Waals surface area contributed by atoms with E-state index in [9.17, 15) is 0 Å². The first-order valence-corrected chi connectivity index (χ1v) is 6.29. The second-order valence-electron chi connectivity index (χ2n) is 4.88. The van der Waals surface area contributed by atoms with Gasteiger partial charge in [-0.1, -0.05) is 30.3 Å². The van der Waals surface area contributed by atoms with Crippen LogP contribution in [-0.2, 0) is 0 Å². The monoisotopic (exact) mass is 247 g/mol. The predicted molar refractivity (Wildman–Crippen MR) is 81.1 cm³/mol. The number of methoxy groups -OCH3 is 1. The van der Waals surface area contributed by atoms with Gasteiger partial charge in [-0.3, -0.25) is 0 Å². The van der Waals surface area contributed by atoms with Gasteiger partial charge in [0.25, 0.3) is 0 Å². The summed E-state index contributed by atoms with van der Waals surface area (Å²) >= 11 is 0. The van der Waals surface area contributed by atoms with Gasteiger partial charge < -0.3 is 10.5 Å². The van der Waals surface area contributed by atoms with Crippen molar-refractivity contribution in [2.45, 2.75) is 0 Å². The van der Waals surface area contributed by atoms with Gasteiger partial charge in [0.15, 0.2) is 0 Å². The molecule has 4 aromatic carbocycles. The van der Waals surface area contributed by atoms with Crippen LogP contribution in [0, 0.1) is 0 Å². The zero-order chi connectivity index (χ0) is 13.0. The van der Waals surface area contributed by atoms with Gasteiger partial charge >= 0.3 is 0 Å². The Morgan fingerprint density at radius 3 is 2.16 bits per heavy atom. The van der Waals surface area contributed by atoms with Crippen molar-refractivity contribution in [3.8, 4) is 5.75 Å². The molecule has 92 valence electrons. The number of nitrogen functional groups attached to an aromatic ring is 1. The van der Waals surface area contributed by atoms with Crippen LogP contribution < -0.4 is 10.5 Å². The number of rotatable bonds is 1. The van der Waals surface area contributed by atoms with Crippen molar-refractivity contribution in [2.24, 2.45) is 0 Å². The molecule has 2 N–H and O–H groups in total. The van der Waals surface area contributed by atoms with Crippen LogP contribution in [0.2, 0.25) is 0 Å². The number of ether oxygens (including phenoxy) is 1. The van der Waals surface area contributed by atoms with Crippen molar-refractivity contribution in [2.75, 3.05) is 12.8 Å². The van der Waals surface area contributed by atoms with Gasteiger partial charge in [0, 0.05) is 11.1 Å². The maximum Gasteiger partial charge on any atom is 0.120 e. The van der Waals surface area contributed by atoms with E-state index < -0.39 is 0 Å². The molecule has 0 amide bonds. The molecule has 0 radical (unpaired) electrons. The van der Waals surface area contributed by atoms with E-state index >= 15 is 0 Å². The molecule has 0 heterocycles. The molecule has 0 aliphatic heterocycles. The highest BCUT2D eigenvalue weighted by atomic mass is 16.5. The third-order valence-corrected chi connectivity index (χ3v) is 3.84. The van der Waals surface area contributed by atoms with Gasteiger partial charge in [0.1, 0.15) is 5.75 Å². The van der Waals surface area contributed by atoms with E-state index in [1.165, 1.54) is 26.9 Å². The van der Waals surface area contributed by atoms with Crippen molar-refractivity contribution in [1.29, 1.82) is 0 Å². The van der Waals surface area contributed by atoms with Crippen LogP contribution in [0.4, 0.5) is 5.69 Å². The van der Waals surface area contributed by atoms with Gasteiger partial charge in [-0.25, -0.2) is 0 Å². The summed E-state index contributed by atoms with van der Waals surface area (Å²) in [5.74, 6) is 0.888. The van der Waals surface area contributed by atoms with E-state index in [4.69, 9.17) is 10.5 Å². The molecule has 2 nitrogen and oxygen atoms in total. The first-order valence-electron chi connectivity index (χ1n) is 6.29. The van der Waals surface area contributed by atoms with Gasteiger partial charge in [-0.05, 0) is 45.1 Å². The summed E-state index contributed by atoms with van der Waals surface area (Å²) < 4.78 is 5.36. The summed E-state index contributed by atoms with van der Waals surface area (Å²) in [5.41, 5.74) is 6.93. The average Bonchev–Trinajstić information content (AvgIpc) is 2.46. The minimum Gasteiger partial charge on any atom is -0.497 e. The smallest absolute Gasteiger partial charge is 0.120 e. The molecular formula is C17H13NO. The fourth-order valence-electron chi connectivity index (χ4n) is 2.93. The molecule has 4 rings (SSSR count). The average molecular weight is 247 g/mol. The second kappa shape index (κ2) is 3.51. The molecule has 0 unspecified atom stereocenters. The maximum absolute atomic E-state index is 6.10. The highest BCUT2D eigenvalue weighted by molar-refractivity contribution is 6.25. The number of nitrogens with two attached hydrogens (primary N) is 1. The molecule has 0 aromatic heterocycles. The summed E-state index contributed by atoms with van der Waals surface area (Å²) in [4.78, 5) is 0. The molecule has 0 bridgehead atoms. The van der Waals surface area contributed by atoms with Crippen LogP contribution in [-0.4, -0.2) is 7.11 Å². The fraction of sp³-hybridized carbons (Fsp3) is 0.0588. The Morgan fingerprint density at radius 1 is 0.789 bits per heavy atom. The van der Waals surface area contributed by atoms with Gasteiger partial charge in [0.05, 0.1) is 7.11 Å². The predicted octanol–water partition coefficient (Wildman–Crippen LogP) is 4.17. The lowest BCUT2D eigenvalue weighted by Crippen LogP contribution is -1.90. The molecule has 2 heteroatoms. The quantitative estimate of drug-likeness (QED) is 0.404. The number of anilines is 1. The largest absolute Gasteiger partial charge is 0.497 e. The first kappa shape index (κ1) is 10.4. The normalized spacial score (nSPS) is 11.6. The Kier molecular flexibility index (Phi) is 1.93. The Bertz CT molecular complexity index is 892. The van der Waals surface area contributed by atoms with Crippen molar-refractivity contribution in [1.82, 2.24) is 0 Å². The SMILES string of the molecule is COc1cc2ccc3ccc(N)c4ccc(c1)c2c34. The molecule has 0 fully saturated rings. The lowest BCUT2D eigenvalue weighted by molar-refractivity contribution is 0.416. The lowest BCUT2D eigenvalue weighted by atomic mass is 9.93. The molecule has 0 saturated carbocycles. The van der Waals surface area contributed by atoms with E-state index in [-0.39, 0.29) is 0 Å². The summed E-state index contributed by atoms with van der Waals surface area (Å²) in [7, 11) is 1.70. The molecule has 0 saturated heterocycles. The molecule has 0 aliphatic rings. The highest BCUT2D eigenvalue weighted by Gasteiger charge is 2.10. The van der Waals surface area contributed by atoms with Crippen molar-refractivity contribution in [3.63, 3.8) is 0 Å². The Balaban J connectivity index is 2.34. The standard InChI is InChI=1S/C17H13NO/c1-19-13-8-11-3-2-10-5-7-15(18)14-6-4-12(9-13)16(11)17(10)14/h2-9H,18H2,1H3. The van der Waals surface area contributed by atoms with E-state index in [1.54, 1.807) is 7.11 Å². The van der Waals surface area contributed by atoms with Gasteiger partial charge in [-0.15, -0.1) is 0 Å². The van der Waals surface area contributed by atoms with E-state index in [1.807, 2.05) is 6.07 Å². The van der Waals surface area contributed by atoms with Crippen molar-refractivity contribution < 1.29 is 4.74 Å². The lowest BCUT2D eigenvalue weighted by Gasteiger charge is -2.13. The van der Waals surface area contributed by atoms with Crippen LogP contribution in [0.3, 0.4) is 0 Å². The minimum absolute atomic E-state index is 0.831. The Morgan fingerprint density at radius 2 is 1.42 bits per heavy atom. The number of benzene rings is 4. The summed E-state index contributed by atoms with van der Waals surface area (Å²) in [6.45, 7) is 0. The van der Waals surface area contributed by atoms with Crippen LogP contribution in [0.15, 0.2) is 48.5 Å². The summed E-state index contributed by atoms with van der Waals surface area (Å²) in [6, 6.07) is 16.7. The first-order chi connectivity index (χ1) is 9.28. The molecule has 19 heavy (non-hydrogen) atoms. The molecule has 0 atom stereocenters. The number of hydrogen-bond acceptors (Lipinski definition) is 2. The second-order valence-corrected chi connectivity index (χ2v) is 4.88. The third-order valence-electron chi connectivity index (χ3n) is 3.84. The van der Waals surface area contributed by atoms with Crippen molar-refractivity contribution >= 4 is 38.0 Å². The maximum atomic E-state index is 6.10. The number of hydrogen-bond donors (Lipinski definition) is 1.